The van der Waals surface area contributed by atoms with Gasteiger partial charge < -0.3 is 19.3 Å². The molecule has 0 aliphatic carbocycles. The maximum absolute atomic E-state index is 12.7. The van der Waals surface area contributed by atoms with Crippen LogP contribution in [0.25, 0.3) is 0 Å². The molecule has 0 radical (unpaired) electrons. The van der Waals surface area contributed by atoms with Gasteiger partial charge in [-0.2, -0.15) is 0 Å². The molecule has 146 valence electrons. The highest BCUT2D eigenvalue weighted by Crippen LogP contribution is 2.33. The van der Waals surface area contributed by atoms with Crippen LogP contribution in [-0.4, -0.2) is 54.2 Å². The second-order valence-corrected chi connectivity index (χ2v) is 7.82. The lowest BCUT2D eigenvalue weighted by molar-refractivity contribution is 0.0119. The van der Waals surface area contributed by atoms with Gasteiger partial charge in [0.1, 0.15) is 17.5 Å². The van der Waals surface area contributed by atoms with Gasteiger partial charge in [0.05, 0.1) is 19.3 Å². The molecule has 6 nitrogen and oxygen atoms in total. The van der Waals surface area contributed by atoms with Crippen molar-refractivity contribution in [3.05, 3.63) is 28.8 Å². The number of benzene rings is 1. The monoisotopic (exact) mass is 385 g/mol. The average molecular weight is 386 g/mol. The number of carbonyl (C=O) groups is 1. The Hall–Kier alpha value is -1.50. The molecule has 0 aromatic heterocycles. The van der Waals surface area contributed by atoms with Crippen LogP contribution in [0.5, 0.6) is 5.75 Å². The molecule has 1 heterocycles. The number of carbonyl (C=O) groups excluding carboxylic acids is 1. The van der Waals surface area contributed by atoms with Gasteiger partial charge >= 0.3 is 6.09 Å². The van der Waals surface area contributed by atoms with Crippen molar-refractivity contribution < 1.29 is 24.1 Å². The number of aliphatic hydroxyl groups excluding tert-OH is 1. The number of aliphatic hydroxyl groups is 1. The first kappa shape index (κ1) is 20.8. The number of amides is 1. The normalized spacial score (nSPS) is 19.6. The second-order valence-electron chi connectivity index (χ2n) is 7.41. The van der Waals surface area contributed by atoms with Crippen molar-refractivity contribution in [1.29, 1.82) is 0 Å². The molecule has 1 aromatic rings. The summed E-state index contributed by atoms with van der Waals surface area (Å²) in [7, 11) is 0. The number of rotatable bonds is 4. The molecule has 1 aliphatic heterocycles. The quantitative estimate of drug-likeness (QED) is 0.853. The Bertz CT molecular complexity index is 616. The molecule has 1 saturated heterocycles. The van der Waals surface area contributed by atoms with E-state index in [2.05, 4.69) is 0 Å². The Kier molecular flexibility index (Phi) is 7.15. The standard InChI is InChI=1S/C19H28ClNO5/c1-13(11-22)25-14-6-7-15(16(20)10-14)17-12-24-9-5-8-21(17)18(23)26-19(2,3)4/h6-7,10,13,17,22H,5,8-9,11-12H2,1-4H3/t13-,17?/m1/s1. The lowest BCUT2D eigenvalue weighted by Crippen LogP contribution is -2.40. The molecule has 0 spiro atoms. The number of halogens is 1. The zero-order valence-corrected chi connectivity index (χ0v) is 16.6. The van der Waals surface area contributed by atoms with Crippen molar-refractivity contribution >= 4 is 17.7 Å². The van der Waals surface area contributed by atoms with Crippen molar-refractivity contribution in [1.82, 2.24) is 4.90 Å². The van der Waals surface area contributed by atoms with Crippen molar-refractivity contribution in [3.63, 3.8) is 0 Å². The summed E-state index contributed by atoms with van der Waals surface area (Å²) in [6.45, 7) is 8.69. The van der Waals surface area contributed by atoms with Crippen LogP contribution in [0.3, 0.4) is 0 Å². The largest absolute Gasteiger partial charge is 0.488 e. The summed E-state index contributed by atoms with van der Waals surface area (Å²) in [6.07, 6.45) is 0.0393. The summed E-state index contributed by atoms with van der Waals surface area (Å²) < 4.78 is 16.8. The Morgan fingerprint density at radius 1 is 1.46 bits per heavy atom. The molecule has 0 bridgehead atoms. The molecule has 1 amide bonds. The van der Waals surface area contributed by atoms with Gasteiger partial charge in [0.2, 0.25) is 0 Å². The topological polar surface area (TPSA) is 68.2 Å². The summed E-state index contributed by atoms with van der Waals surface area (Å²) in [5.41, 5.74) is 0.208. The number of nitrogens with zero attached hydrogens (tertiary/aromatic N) is 1. The second kappa shape index (κ2) is 8.93. The Morgan fingerprint density at radius 3 is 2.81 bits per heavy atom. The van der Waals surface area contributed by atoms with E-state index in [1.165, 1.54) is 0 Å². The van der Waals surface area contributed by atoms with Crippen molar-refractivity contribution in [2.45, 2.75) is 51.9 Å². The lowest BCUT2D eigenvalue weighted by Gasteiger charge is -2.32. The fourth-order valence-electron chi connectivity index (χ4n) is 2.70. The van der Waals surface area contributed by atoms with E-state index < -0.39 is 5.60 Å². The third kappa shape index (κ3) is 5.76. The zero-order valence-electron chi connectivity index (χ0n) is 15.8. The molecular formula is C19H28ClNO5. The fourth-order valence-corrected chi connectivity index (χ4v) is 2.99. The van der Waals surface area contributed by atoms with Gasteiger partial charge in [0.15, 0.2) is 0 Å². The van der Waals surface area contributed by atoms with Crippen LogP contribution in [0.4, 0.5) is 4.79 Å². The minimum absolute atomic E-state index is 0.0811. The molecule has 1 aromatic carbocycles. The van der Waals surface area contributed by atoms with E-state index in [9.17, 15) is 4.79 Å². The van der Waals surface area contributed by atoms with E-state index in [-0.39, 0.29) is 24.8 Å². The Labute approximate surface area is 160 Å². The van der Waals surface area contributed by atoms with Crippen LogP contribution in [0, 0.1) is 0 Å². The third-order valence-corrected chi connectivity index (χ3v) is 4.22. The van der Waals surface area contributed by atoms with Crippen LogP contribution in [-0.2, 0) is 9.47 Å². The SMILES string of the molecule is C[C@H](CO)Oc1ccc(C2COCCCN2C(=O)OC(C)(C)C)c(Cl)c1. The van der Waals surface area contributed by atoms with E-state index in [0.29, 0.717) is 30.5 Å². The van der Waals surface area contributed by atoms with Crippen LogP contribution in [0.15, 0.2) is 18.2 Å². The smallest absolute Gasteiger partial charge is 0.410 e. The van der Waals surface area contributed by atoms with E-state index in [1.807, 2.05) is 26.8 Å². The number of hydrogen-bond donors (Lipinski definition) is 1. The van der Waals surface area contributed by atoms with E-state index in [0.717, 1.165) is 12.0 Å². The average Bonchev–Trinajstić information content (AvgIpc) is 2.79. The summed E-state index contributed by atoms with van der Waals surface area (Å²) in [5.74, 6) is 0.568. The first-order chi connectivity index (χ1) is 12.2. The zero-order chi connectivity index (χ0) is 19.3. The predicted molar refractivity (Wildman–Crippen MR) is 99.7 cm³/mol. The summed E-state index contributed by atoms with van der Waals surface area (Å²) in [5, 5.41) is 9.59. The van der Waals surface area contributed by atoms with Crippen LogP contribution < -0.4 is 4.74 Å². The van der Waals surface area contributed by atoms with Gasteiger partial charge in [-0.1, -0.05) is 17.7 Å². The van der Waals surface area contributed by atoms with E-state index in [1.54, 1.807) is 24.0 Å². The van der Waals surface area contributed by atoms with Crippen LogP contribution in [0.2, 0.25) is 5.02 Å². The highest BCUT2D eigenvalue weighted by molar-refractivity contribution is 6.31. The molecule has 2 rings (SSSR count). The molecule has 26 heavy (non-hydrogen) atoms. The van der Waals surface area contributed by atoms with Gasteiger partial charge in [0.25, 0.3) is 0 Å². The summed E-state index contributed by atoms with van der Waals surface area (Å²) in [4.78, 5) is 14.3. The third-order valence-electron chi connectivity index (χ3n) is 3.89. The van der Waals surface area contributed by atoms with E-state index in [4.69, 9.17) is 30.9 Å². The van der Waals surface area contributed by atoms with Gasteiger partial charge in [0, 0.05) is 18.2 Å². The highest BCUT2D eigenvalue weighted by Gasteiger charge is 2.32. The van der Waals surface area contributed by atoms with Gasteiger partial charge in [-0.25, -0.2) is 4.79 Å². The first-order valence-corrected chi connectivity index (χ1v) is 9.23. The minimum Gasteiger partial charge on any atom is -0.488 e. The first-order valence-electron chi connectivity index (χ1n) is 8.85. The van der Waals surface area contributed by atoms with Crippen LogP contribution in [0.1, 0.15) is 45.7 Å². The summed E-state index contributed by atoms with van der Waals surface area (Å²) >= 11 is 6.47. The molecular weight excluding hydrogens is 358 g/mol. The minimum atomic E-state index is -0.573. The molecule has 2 atom stereocenters. The molecule has 1 unspecified atom stereocenters. The predicted octanol–water partition coefficient (Wildman–Crippen LogP) is 3.80. The Morgan fingerprint density at radius 2 is 2.19 bits per heavy atom. The Balaban J connectivity index is 2.25. The van der Waals surface area contributed by atoms with Gasteiger partial charge in [-0.3, -0.25) is 4.90 Å². The summed E-state index contributed by atoms with van der Waals surface area (Å²) in [6, 6.07) is 4.98. The molecule has 0 saturated carbocycles. The van der Waals surface area contributed by atoms with Crippen LogP contribution >= 0.6 is 11.6 Å². The van der Waals surface area contributed by atoms with E-state index >= 15 is 0 Å². The maximum atomic E-state index is 12.7. The van der Waals surface area contributed by atoms with Gasteiger partial charge in [-0.15, -0.1) is 0 Å². The lowest BCUT2D eigenvalue weighted by atomic mass is 10.1. The van der Waals surface area contributed by atoms with Gasteiger partial charge in [-0.05, 0) is 51.8 Å². The molecule has 1 N–H and O–H groups in total. The molecule has 1 aliphatic rings. The fraction of sp³-hybridized carbons (Fsp3) is 0.632. The van der Waals surface area contributed by atoms with Crippen molar-refractivity contribution in [2.24, 2.45) is 0 Å². The highest BCUT2D eigenvalue weighted by atomic mass is 35.5. The molecule has 7 heteroatoms. The maximum Gasteiger partial charge on any atom is 0.410 e. The number of hydrogen-bond acceptors (Lipinski definition) is 5. The van der Waals surface area contributed by atoms with Crippen molar-refractivity contribution in [3.8, 4) is 5.75 Å². The number of ether oxygens (including phenoxy) is 3. The molecule has 1 fully saturated rings. The van der Waals surface area contributed by atoms with Crippen molar-refractivity contribution in [2.75, 3.05) is 26.4 Å².